The van der Waals surface area contributed by atoms with Crippen LogP contribution in [0, 0.1) is 5.92 Å². The Hall–Kier alpha value is -2.62. The molecule has 3 saturated heterocycles. The van der Waals surface area contributed by atoms with Crippen LogP contribution in [0.15, 0.2) is 18.5 Å². The molecular formula is C21H27F2N7O. The van der Waals surface area contributed by atoms with Gasteiger partial charge in [0.15, 0.2) is 0 Å². The zero-order chi connectivity index (χ0) is 21.8. The number of fused-ring (bicyclic) bond motifs is 2. The maximum atomic E-state index is 14.4. The standard InChI is InChI=1S/C21H27F2N7O/c1-3-14-6-21(22,23)12(2)9-30(14)20-27-17(13-7-25-19(24)26-8-13)5-18(28-20)29-10-16-4-15(29)11-31-16/h5,7-8,12,14-16H,3-4,6,9-11H2,1-2H3,(H2,24,25,26)/t12-,14-,15+,16+/m1/s1. The lowest BCUT2D eigenvalue weighted by Crippen LogP contribution is -2.52. The highest BCUT2D eigenvalue weighted by atomic mass is 19.3. The van der Waals surface area contributed by atoms with Gasteiger partial charge >= 0.3 is 0 Å². The van der Waals surface area contributed by atoms with Gasteiger partial charge in [-0.25, -0.2) is 23.7 Å². The van der Waals surface area contributed by atoms with E-state index < -0.39 is 11.8 Å². The number of alkyl halides is 2. The molecule has 0 saturated carbocycles. The Bertz CT molecular complexity index is 957. The molecule has 2 bridgehead atoms. The van der Waals surface area contributed by atoms with E-state index in [-0.39, 0.29) is 37.1 Å². The second-order valence-corrected chi connectivity index (χ2v) is 8.82. The lowest BCUT2D eigenvalue weighted by molar-refractivity contribution is -0.0764. The van der Waals surface area contributed by atoms with Crippen LogP contribution in [0.4, 0.5) is 26.5 Å². The van der Waals surface area contributed by atoms with Crippen LogP contribution in [-0.2, 0) is 4.74 Å². The lowest BCUT2D eigenvalue weighted by Gasteiger charge is -2.43. The second kappa shape index (κ2) is 7.51. The van der Waals surface area contributed by atoms with Gasteiger partial charge in [0.2, 0.25) is 11.9 Å². The molecule has 5 rings (SSSR count). The fraction of sp³-hybridized carbons (Fsp3) is 0.619. The third kappa shape index (κ3) is 3.66. The van der Waals surface area contributed by atoms with Crippen LogP contribution in [0.1, 0.15) is 33.1 Å². The maximum absolute atomic E-state index is 14.4. The van der Waals surface area contributed by atoms with Gasteiger partial charge in [0, 0.05) is 55.5 Å². The number of ether oxygens (including phenoxy) is 1. The third-order valence-electron chi connectivity index (χ3n) is 6.73. The van der Waals surface area contributed by atoms with Crippen LogP contribution in [0.25, 0.3) is 11.3 Å². The molecule has 3 aliphatic heterocycles. The summed E-state index contributed by atoms with van der Waals surface area (Å²) in [7, 11) is 0. The van der Waals surface area contributed by atoms with Crippen LogP contribution in [0.3, 0.4) is 0 Å². The molecule has 166 valence electrons. The molecule has 3 aliphatic rings. The Kier molecular flexibility index (Phi) is 4.91. The quantitative estimate of drug-likeness (QED) is 0.790. The van der Waals surface area contributed by atoms with Crippen molar-refractivity contribution in [2.24, 2.45) is 5.92 Å². The van der Waals surface area contributed by atoms with Crippen LogP contribution in [-0.4, -0.2) is 63.7 Å². The largest absolute Gasteiger partial charge is 0.374 e. The van der Waals surface area contributed by atoms with Gasteiger partial charge in [-0.1, -0.05) is 13.8 Å². The van der Waals surface area contributed by atoms with Crippen molar-refractivity contribution in [2.45, 2.75) is 57.2 Å². The molecular weight excluding hydrogens is 404 g/mol. The number of nitrogens with zero attached hydrogens (tertiary/aromatic N) is 6. The molecule has 2 aromatic heterocycles. The monoisotopic (exact) mass is 431 g/mol. The van der Waals surface area contributed by atoms with Crippen LogP contribution >= 0.6 is 0 Å². The summed E-state index contributed by atoms with van der Waals surface area (Å²) in [6.07, 6.45) is 4.84. The van der Waals surface area contributed by atoms with Gasteiger partial charge in [-0.2, -0.15) is 4.98 Å². The Balaban J connectivity index is 1.56. The molecule has 0 aromatic carbocycles. The van der Waals surface area contributed by atoms with Crippen molar-refractivity contribution in [3.05, 3.63) is 18.5 Å². The van der Waals surface area contributed by atoms with Crippen LogP contribution < -0.4 is 15.5 Å². The Morgan fingerprint density at radius 3 is 2.61 bits per heavy atom. The molecule has 31 heavy (non-hydrogen) atoms. The van der Waals surface area contributed by atoms with Gasteiger partial charge in [-0.3, -0.25) is 0 Å². The Morgan fingerprint density at radius 2 is 1.97 bits per heavy atom. The fourth-order valence-corrected chi connectivity index (χ4v) is 4.81. The average molecular weight is 431 g/mol. The number of rotatable bonds is 4. The molecule has 2 N–H and O–H groups in total. The summed E-state index contributed by atoms with van der Waals surface area (Å²) < 4.78 is 34.6. The first-order valence-electron chi connectivity index (χ1n) is 10.8. The number of piperidine rings is 1. The molecule has 10 heteroatoms. The van der Waals surface area contributed by atoms with Crippen molar-refractivity contribution >= 4 is 17.7 Å². The first-order chi connectivity index (χ1) is 14.8. The molecule has 2 aromatic rings. The molecule has 0 radical (unpaired) electrons. The number of hydrogen-bond acceptors (Lipinski definition) is 8. The first kappa shape index (κ1) is 20.3. The number of morpholine rings is 1. The summed E-state index contributed by atoms with van der Waals surface area (Å²) in [6.45, 7) is 5.18. The van der Waals surface area contributed by atoms with Gasteiger partial charge in [-0.15, -0.1) is 0 Å². The van der Waals surface area contributed by atoms with Crippen molar-refractivity contribution in [1.29, 1.82) is 0 Å². The molecule has 8 nitrogen and oxygen atoms in total. The minimum atomic E-state index is -2.69. The summed E-state index contributed by atoms with van der Waals surface area (Å²) in [6, 6.07) is 1.87. The highest BCUT2D eigenvalue weighted by molar-refractivity contribution is 5.65. The van der Waals surface area contributed by atoms with E-state index in [0.29, 0.717) is 30.2 Å². The third-order valence-corrected chi connectivity index (χ3v) is 6.73. The molecule has 5 heterocycles. The van der Waals surface area contributed by atoms with Gasteiger partial charge in [0.25, 0.3) is 5.92 Å². The summed E-state index contributed by atoms with van der Waals surface area (Å²) in [5.74, 6) is -2.02. The van der Waals surface area contributed by atoms with Crippen molar-refractivity contribution in [3.8, 4) is 11.3 Å². The Labute approximate surface area is 179 Å². The van der Waals surface area contributed by atoms with Gasteiger partial charge in [0.05, 0.1) is 24.4 Å². The average Bonchev–Trinajstić information content (AvgIpc) is 3.39. The highest BCUT2D eigenvalue weighted by Gasteiger charge is 2.46. The molecule has 0 aliphatic carbocycles. The van der Waals surface area contributed by atoms with Crippen LogP contribution in [0.5, 0.6) is 0 Å². The molecule has 4 atom stereocenters. The number of nitrogen functional groups attached to an aromatic ring is 1. The van der Waals surface area contributed by atoms with Crippen LogP contribution in [0.2, 0.25) is 0 Å². The second-order valence-electron chi connectivity index (χ2n) is 8.82. The van der Waals surface area contributed by atoms with E-state index >= 15 is 0 Å². The minimum absolute atomic E-state index is 0.186. The SMILES string of the molecule is CC[C@@H]1CC(F)(F)[C@H](C)CN1c1nc(-c2cnc(N)nc2)cc(N2C[C@@H]3C[C@H]2CO3)n1. The maximum Gasteiger partial charge on any atom is 0.254 e. The first-order valence-corrected chi connectivity index (χ1v) is 10.8. The van der Waals surface area contributed by atoms with E-state index in [2.05, 4.69) is 14.9 Å². The number of nitrogens with two attached hydrogens (primary N) is 1. The summed E-state index contributed by atoms with van der Waals surface area (Å²) in [5.41, 5.74) is 7.01. The topological polar surface area (TPSA) is 93.3 Å². The van der Waals surface area contributed by atoms with Gasteiger partial charge < -0.3 is 20.3 Å². The number of halogens is 2. The zero-order valence-corrected chi connectivity index (χ0v) is 17.7. The summed E-state index contributed by atoms with van der Waals surface area (Å²) >= 11 is 0. The van der Waals surface area contributed by atoms with Crippen molar-refractivity contribution in [1.82, 2.24) is 19.9 Å². The van der Waals surface area contributed by atoms with Crippen molar-refractivity contribution < 1.29 is 13.5 Å². The molecule has 0 spiro atoms. The van der Waals surface area contributed by atoms with E-state index in [1.165, 1.54) is 0 Å². The highest BCUT2D eigenvalue weighted by Crippen LogP contribution is 2.40. The lowest BCUT2D eigenvalue weighted by atomic mass is 9.89. The Morgan fingerprint density at radius 1 is 1.19 bits per heavy atom. The molecule has 0 unspecified atom stereocenters. The number of anilines is 3. The van der Waals surface area contributed by atoms with Gasteiger partial charge in [-0.05, 0) is 12.8 Å². The number of aromatic nitrogens is 4. The predicted octanol–water partition coefficient (Wildman–Crippen LogP) is 2.75. The fourth-order valence-electron chi connectivity index (χ4n) is 4.81. The normalized spacial score (nSPS) is 29.5. The molecule has 3 fully saturated rings. The number of hydrogen-bond donors (Lipinski definition) is 1. The van der Waals surface area contributed by atoms with E-state index in [4.69, 9.17) is 20.4 Å². The van der Waals surface area contributed by atoms with E-state index in [9.17, 15) is 8.78 Å². The van der Waals surface area contributed by atoms with Gasteiger partial charge in [0.1, 0.15) is 5.82 Å². The van der Waals surface area contributed by atoms with E-state index in [0.717, 1.165) is 18.8 Å². The molecule has 0 amide bonds. The zero-order valence-electron chi connectivity index (χ0n) is 17.7. The predicted molar refractivity (Wildman–Crippen MR) is 113 cm³/mol. The van der Waals surface area contributed by atoms with Crippen molar-refractivity contribution in [3.63, 3.8) is 0 Å². The summed E-state index contributed by atoms with van der Waals surface area (Å²) in [5, 5.41) is 0. The smallest absolute Gasteiger partial charge is 0.254 e. The van der Waals surface area contributed by atoms with E-state index in [1.54, 1.807) is 19.3 Å². The van der Waals surface area contributed by atoms with Crippen molar-refractivity contribution in [2.75, 3.05) is 35.2 Å². The minimum Gasteiger partial charge on any atom is -0.374 e. The van der Waals surface area contributed by atoms with E-state index in [1.807, 2.05) is 17.9 Å². The summed E-state index contributed by atoms with van der Waals surface area (Å²) in [4.78, 5) is 22.0.